The van der Waals surface area contributed by atoms with Crippen LogP contribution in [0.2, 0.25) is 0 Å². The van der Waals surface area contributed by atoms with Gasteiger partial charge in [-0.15, -0.1) is 11.3 Å². The lowest BCUT2D eigenvalue weighted by molar-refractivity contribution is -0.402. The molecule has 1 N–H and O–H groups in total. The zero-order valence-electron chi connectivity index (χ0n) is 14.4. The van der Waals surface area contributed by atoms with Crippen molar-refractivity contribution in [1.29, 1.82) is 0 Å². The number of rotatable bonds is 5. The molecule has 0 saturated heterocycles. The molecular formula is C20H13N3O4S. The zero-order valence-corrected chi connectivity index (χ0v) is 15.2. The van der Waals surface area contributed by atoms with Crippen LogP contribution < -0.4 is 5.32 Å². The van der Waals surface area contributed by atoms with Gasteiger partial charge >= 0.3 is 5.88 Å². The van der Waals surface area contributed by atoms with Gasteiger partial charge in [0.15, 0.2) is 5.76 Å². The summed E-state index contributed by atoms with van der Waals surface area (Å²) in [6, 6.07) is 19.5. The van der Waals surface area contributed by atoms with Crippen molar-refractivity contribution in [3.8, 4) is 21.8 Å². The van der Waals surface area contributed by atoms with Gasteiger partial charge in [-0.25, -0.2) is 4.98 Å². The summed E-state index contributed by atoms with van der Waals surface area (Å²) in [5, 5.41) is 16.2. The van der Waals surface area contributed by atoms with E-state index < -0.39 is 16.7 Å². The highest BCUT2D eigenvalue weighted by Gasteiger charge is 2.17. The maximum atomic E-state index is 12.2. The fourth-order valence-corrected chi connectivity index (χ4v) is 3.45. The van der Waals surface area contributed by atoms with Crippen LogP contribution >= 0.6 is 11.3 Å². The Morgan fingerprint density at radius 3 is 2.57 bits per heavy atom. The number of nitrogens with one attached hydrogen (secondary N) is 1. The molecule has 4 aromatic rings. The van der Waals surface area contributed by atoms with Crippen molar-refractivity contribution in [2.24, 2.45) is 0 Å². The number of hydrogen-bond acceptors (Lipinski definition) is 6. The summed E-state index contributed by atoms with van der Waals surface area (Å²) in [6.07, 6.45) is 0. The molecule has 0 atom stereocenters. The van der Waals surface area contributed by atoms with Gasteiger partial charge in [-0.1, -0.05) is 42.5 Å². The number of benzene rings is 2. The number of furan rings is 1. The molecule has 2 aromatic heterocycles. The summed E-state index contributed by atoms with van der Waals surface area (Å²) in [7, 11) is 0. The van der Waals surface area contributed by atoms with Gasteiger partial charge in [0.2, 0.25) is 0 Å². The van der Waals surface area contributed by atoms with Crippen molar-refractivity contribution >= 4 is 28.8 Å². The Bertz CT molecular complexity index is 1150. The largest absolute Gasteiger partial charge is 0.433 e. The molecule has 2 aromatic carbocycles. The molecule has 28 heavy (non-hydrogen) atoms. The first-order valence-electron chi connectivity index (χ1n) is 8.27. The predicted molar refractivity (Wildman–Crippen MR) is 106 cm³/mol. The Hall–Kier alpha value is -3.78. The van der Waals surface area contributed by atoms with Crippen LogP contribution in [0, 0.1) is 10.1 Å². The predicted octanol–water partition coefficient (Wildman–Crippen LogP) is 5.23. The minimum Gasteiger partial charge on any atom is -0.395 e. The number of thiazole rings is 1. The molecule has 1 amide bonds. The highest BCUT2D eigenvalue weighted by atomic mass is 32.1. The average molecular weight is 391 g/mol. The number of hydrogen-bond donors (Lipinski definition) is 1. The van der Waals surface area contributed by atoms with Crippen molar-refractivity contribution in [1.82, 2.24) is 4.98 Å². The summed E-state index contributed by atoms with van der Waals surface area (Å²) in [6.45, 7) is 0. The Kier molecular flexibility index (Phi) is 4.69. The van der Waals surface area contributed by atoms with Gasteiger partial charge in [0.25, 0.3) is 5.91 Å². The van der Waals surface area contributed by atoms with E-state index in [1.807, 2.05) is 41.8 Å². The molecule has 8 heteroatoms. The van der Waals surface area contributed by atoms with Crippen molar-refractivity contribution in [3.63, 3.8) is 0 Å². The number of nitrogens with zero attached hydrogens (tertiary/aromatic N) is 2. The van der Waals surface area contributed by atoms with Crippen LogP contribution in [0.25, 0.3) is 21.8 Å². The van der Waals surface area contributed by atoms with Gasteiger partial charge in [0, 0.05) is 22.2 Å². The summed E-state index contributed by atoms with van der Waals surface area (Å²) >= 11 is 1.54. The van der Waals surface area contributed by atoms with E-state index in [2.05, 4.69) is 10.3 Å². The van der Waals surface area contributed by atoms with Crippen LogP contribution in [0.5, 0.6) is 0 Å². The number of carbonyl (C=O) groups is 1. The molecule has 4 rings (SSSR count). The molecule has 0 unspecified atom stereocenters. The van der Waals surface area contributed by atoms with Gasteiger partial charge in [0.05, 0.1) is 11.8 Å². The minimum absolute atomic E-state index is 0.128. The molecule has 0 aliphatic rings. The van der Waals surface area contributed by atoms with Gasteiger partial charge in [-0.2, -0.15) is 0 Å². The van der Waals surface area contributed by atoms with Crippen molar-refractivity contribution in [2.45, 2.75) is 0 Å². The third-order valence-electron chi connectivity index (χ3n) is 3.94. The quantitative estimate of drug-likeness (QED) is 0.371. The lowest BCUT2D eigenvalue weighted by Gasteiger charge is -2.05. The molecule has 0 aliphatic heterocycles. The summed E-state index contributed by atoms with van der Waals surface area (Å²) in [5.41, 5.74) is 3.23. The normalized spacial score (nSPS) is 10.6. The van der Waals surface area contributed by atoms with Crippen molar-refractivity contribution in [2.75, 3.05) is 5.32 Å². The van der Waals surface area contributed by atoms with E-state index in [1.54, 1.807) is 29.5 Å². The van der Waals surface area contributed by atoms with Crippen LogP contribution in [0.3, 0.4) is 0 Å². The SMILES string of the molecule is O=C(Nc1cccc(-c2csc(-c3ccccc3)n2)c1)c1ccc([N+](=O)[O-])o1. The van der Waals surface area contributed by atoms with Crippen LogP contribution in [-0.4, -0.2) is 15.8 Å². The topological polar surface area (TPSA) is 98.3 Å². The summed E-state index contributed by atoms with van der Waals surface area (Å²) in [4.78, 5) is 26.9. The standard InChI is InChI=1S/C20H13N3O4S/c24-19(17-9-10-18(27-17)23(25)26)21-15-8-4-7-14(11-15)16-12-28-20(22-16)13-5-2-1-3-6-13/h1-12H,(H,21,24). The molecular weight excluding hydrogens is 378 g/mol. The number of nitro groups is 1. The van der Waals surface area contributed by atoms with Crippen LogP contribution in [0.15, 0.2) is 76.5 Å². The average Bonchev–Trinajstić information content (AvgIpc) is 3.39. The lowest BCUT2D eigenvalue weighted by Crippen LogP contribution is -2.10. The van der Waals surface area contributed by atoms with Crippen LogP contribution in [-0.2, 0) is 0 Å². The van der Waals surface area contributed by atoms with E-state index in [0.29, 0.717) is 5.69 Å². The van der Waals surface area contributed by atoms with Crippen LogP contribution in [0.1, 0.15) is 10.6 Å². The third-order valence-corrected chi connectivity index (χ3v) is 4.83. The van der Waals surface area contributed by atoms with Gasteiger partial charge < -0.3 is 9.73 Å². The van der Waals surface area contributed by atoms with Crippen molar-refractivity contribution in [3.05, 3.63) is 88.0 Å². The minimum atomic E-state index is -0.691. The lowest BCUT2D eigenvalue weighted by atomic mass is 10.1. The molecule has 0 bridgehead atoms. The highest BCUT2D eigenvalue weighted by Crippen LogP contribution is 2.30. The fourth-order valence-electron chi connectivity index (χ4n) is 2.62. The second-order valence-electron chi connectivity index (χ2n) is 5.83. The van der Waals surface area contributed by atoms with Gasteiger partial charge in [-0.05, 0) is 18.2 Å². The first kappa shape index (κ1) is 17.6. The third kappa shape index (κ3) is 3.67. The fraction of sp³-hybridized carbons (Fsp3) is 0. The van der Waals surface area contributed by atoms with E-state index in [-0.39, 0.29) is 5.76 Å². The highest BCUT2D eigenvalue weighted by molar-refractivity contribution is 7.13. The first-order chi connectivity index (χ1) is 13.6. The van der Waals surface area contributed by atoms with Gasteiger partial charge in [0.1, 0.15) is 9.93 Å². The Balaban J connectivity index is 1.54. The maximum Gasteiger partial charge on any atom is 0.433 e. The molecule has 0 spiro atoms. The van der Waals surface area contributed by atoms with Gasteiger partial charge in [-0.3, -0.25) is 14.9 Å². The van der Waals surface area contributed by atoms with E-state index in [4.69, 9.17) is 4.42 Å². The second kappa shape index (κ2) is 7.45. The maximum absolute atomic E-state index is 12.2. The number of amides is 1. The van der Waals surface area contributed by atoms with Crippen molar-refractivity contribution < 1.29 is 14.1 Å². The summed E-state index contributed by atoms with van der Waals surface area (Å²) < 4.78 is 4.92. The number of carbonyl (C=O) groups excluding carboxylic acids is 1. The Morgan fingerprint density at radius 1 is 1.04 bits per heavy atom. The number of aromatic nitrogens is 1. The van der Waals surface area contributed by atoms with E-state index >= 15 is 0 Å². The smallest absolute Gasteiger partial charge is 0.395 e. The number of anilines is 1. The molecule has 0 saturated carbocycles. The molecule has 7 nitrogen and oxygen atoms in total. The molecule has 2 heterocycles. The zero-order chi connectivity index (χ0) is 19.5. The van der Waals surface area contributed by atoms with E-state index in [0.717, 1.165) is 27.9 Å². The van der Waals surface area contributed by atoms with E-state index in [9.17, 15) is 14.9 Å². The van der Waals surface area contributed by atoms with Crippen LogP contribution in [0.4, 0.5) is 11.6 Å². The summed E-state index contributed by atoms with van der Waals surface area (Å²) in [5.74, 6) is -1.17. The molecule has 0 radical (unpaired) electrons. The second-order valence-corrected chi connectivity index (χ2v) is 6.69. The molecule has 0 fully saturated rings. The first-order valence-corrected chi connectivity index (χ1v) is 9.15. The Morgan fingerprint density at radius 2 is 1.82 bits per heavy atom. The molecule has 0 aliphatic carbocycles. The Labute approximate surface area is 163 Å². The van der Waals surface area contributed by atoms with E-state index in [1.165, 1.54) is 6.07 Å². The molecule has 138 valence electrons. The monoisotopic (exact) mass is 391 g/mol.